The number of carbonyl (C=O) groups excluding carboxylic acids is 1. The summed E-state index contributed by atoms with van der Waals surface area (Å²) in [4.78, 5) is 17.1. The van der Waals surface area contributed by atoms with Gasteiger partial charge in [0, 0.05) is 24.0 Å². The maximum absolute atomic E-state index is 12.7. The van der Waals surface area contributed by atoms with Gasteiger partial charge in [0.05, 0.1) is 16.2 Å². The molecule has 0 unspecified atom stereocenters. The van der Waals surface area contributed by atoms with Crippen molar-refractivity contribution in [3.05, 3.63) is 71.2 Å². The van der Waals surface area contributed by atoms with E-state index < -0.39 is 15.6 Å². The zero-order valence-electron chi connectivity index (χ0n) is 18.3. The third kappa shape index (κ3) is 5.56. The van der Waals surface area contributed by atoms with E-state index in [0.29, 0.717) is 16.9 Å². The Morgan fingerprint density at radius 2 is 1.81 bits per heavy atom. The van der Waals surface area contributed by atoms with Crippen LogP contribution in [0.3, 0.4) is 0 Å². The molecule has 31 heavy (non-hydrogen) atoms. The fourth-order valence-electron chi connectivity index (χ4n) is 3.15. The number of nitrogens with zero attached hydrogens (tertiary/aromatic N) is 3. The Morgan fingerprint density at radius 3 is 2.39 bits per heavy atom. The highest BCUT2D eigenvalue weighted by atomic mass is 32.2. The van der Waals surface area contributed by atoms with Gasteiger partial charge >= 0.3 is 0 Å². The van der Waals surface area contributed by atoms with Crippen LogP contribution in [0.25, 0.3) is 5.82 Å². The number of sulfonamides is 1. The van der Waals surface area contributed by atoms with Crippen LogP contribution < -0.4 is 10.0 Å². The van der Waals surface area contributed by atoms with Gasteiger partial charge in [0.2, 0.25) is 10.0 Å². The van der Waals surface area contributed by atoms with Crippen molar-refractivity contribution in [2.24, 2.45) is 0 Å². The molecule has 0 aliphatic heterocycles. The van der Waals surface area contributed by atoms with E-state index in [4.69, 9.17) is 0 Å². The number of carbonyl (C=O) groups is 1. The largest absolute Gasteiger partial charge is 0.348 e. The van der Waals surface area contributed by atoms with E-state index in [2.05, 4.69) is 20.1 Å². The smallest absolute Gasteiger partial charge is 0.253 e. The van der Waals surface area contributed by atoms with Crippen molar-refractivity contribution in [2.75, 3.05) is 0 Å². The number of hydrogen-bond acceptors (Lipinski definition) is 5. The molecular weight excluding hydrogens is 414 g/mol. The summed E-state index contributed by atoms with van der Waals surface area (Å²) >= 11 is 0. The lowest BCUT2D eigenvalue weighted by Gasteiger charge is -2.21. The van der Waals surface area contributed by atoms with Crippen LogP contribution in [0.4, 0.5) is 0 Å². The van der Waals surface area contributed by atoms with Crippen molar-refractivity contribution in [3.63, 3.8) is 0 Å². The Bertz CT molecular complexity index is 1190. The topological polar surface area (TPSA) is 106 Å². The predicted octanol–water partition coefficient (Wildman–Crippen LogP) is 2.89. The lowest BCUT2D eigenvalue weighted by molar-refractivity contribution is 0.0950. The summed E-state index contributed by atoms with van der Waals surface area (Å²) in [7, 11) is -3.72. The molecule has 0 atom stereocenters. The van der Waals surface area contributed by atoms with Crippen molar-refractivity contribution in [1.29, 1.82) is 0 Å². The van der Waals surface area contributed by atoms with Crippen LogP contribution in [0.1, 0.15) is 48.1 Å². The van der Waals surface area contributed by atoms with E-state index >= 15 is 0 Å². The average Bonchev–Trinajstić information content (AvgIpc) is 3.02. The Morgan fingerprint density at radius 1 is 1.10 bits per heavy atom. The minimum atomic E-state index is -3.72. The predicted molar refractivity (Wildman–Crippen MR) is 119 cm³/mol. The van der Waals surface area contributed by atoms with Gasteiger partial charge in [0.15, 0.2) is 5.82 Å². The lowest BCUT2D eigenvalue weighted by atomic mass is 10.1. The summed E-state index contributed by atoms with van der Waals surface area (Å²) in [6.45, 7) is 9.23. The molecule has 2 aromatic heterocycles. The highest BCUT2D eigenvalue weighted by Crippen LogP contribution is 2.18. The van der Waals surface area contributed by atoms with Crippen LogP contribution in [-0.4, -0.2) is 34.6 Å². The second kappa shape index (κ2) is 8.60. The van der Waals surface area contributed by atoms with Gasteiger partial charge < -0.3 is 5.32 Å². The molecule has 0 radical (unpaired) electrons. The molecule has 0 spiro atoms. The molecule has 3 rings (SSSR count). The summed E-state index contributed by atoms with van der Waals surface area (Å²) in [5.41, 5.74) is 2.09. The molecule has 1 amide bonds. The van der Waals surface area contributed by atoms with Crippen LogP contribution in [0.2, 0.25) is 0 Å². The molecule has 2 heterocycles. The zero-order valence-corrected chi connectivity index (χ0v) is 19.1. The molecule has 0 saturated carbocycles. The van der Waals surface area contributed by atoms with Crippen molar-refractivity contribution in [3.8, 4) is 5.82 Å². The molecule has 3 aromatic rings. The Labute approximate surface area is 182 Å². The summed E-state index contributed by atoms with van der Waals surface area (Å²) < 4.78 is 29.8. The van der Waals surface area contributed by atoms with Gasteiger partial charge in [-0.3, -0.25) is 4.79 Å². The first kappa shape index (κ1) is 22.6. The van der Waals surface area contributed by atoms with Crippen LogP contribution in [-0.2, 0) is 16.6 Å². The quantitative estimate of drug-likeness (QED) is 0.612. The van der Waals surface area contributed by atoms with Gasteiger partial charge in [-0.1, -0.05) is 18.2 Å². The van der Waals surface area contributed by atoms with Crippen LogP contribution in [0.15, 0.2) is 53.6 Å². The standard InChI is InChI=1S/C22H27N5O3S/c1-15-12-16(2)27(25-15)20-11-10-18(14-23-20)21(28)24-13-17-8-6-7-9-19(17)31(29,30)26-22(3,4)5/h6-12,14,26H,13H2,1-5H3,(H,24,28). The number of amides is 1. The second-order valence-electron chi connectivity index (χ2n) is 8.39. The fraction of sp³-hybridized carbons (Fsp3) is 0.318. The number of pyridine rings is 1. The highest BCUT2D eigenvalue weighted by molar-refractivity contribution is 7.89. The number of rotatable bonds is 6. The number of hydrogen-bond donors (Lipinski definition) is 2. The third-order valence-electron chi connectivity index (χ3n) is 4.38. The summed E-state index contributed by atoms with van der Waals surface area (Å²) in [6.07, 6.45) is 1.48. The van der Waals surface area contributed by atoms with Crippen molar-refractivity contribution in [1.82, 2.24) is 24.8 Å². The normalized spacial score (nSPS) is 12.0. The number of nitrogens with one attached hydrogen (secondary N) is 2. The number of benzene rings is 1. The monoisotopic (exact) mass is 441 g/mol. The van der Waals surface area contributed by atoms with Gasteiger partial charge in [0.25, 0.3) is 5.91 Å². The van der Waals surface area contributed by atoms with Crippen molar-refractivity contribution in [2.45, 2.75) is 51.6 Å². The Hall–Kier alpha value is -3.04. The first-order valence-electron chi connectivity index (χ1n) is 9.86. The van der Waals surface area contributed by atoms with Gasteiger partial charge in [-0.25, -0.2) is 22.8 Å². The van der Waals surface area contributed by atoms with E-state index in [9.17, 15) is 13.2 Å². The van der Waals surface area contributed by atoms with E-state index in [1.807, 2.05) is 19.9 Å². The van der Waals surface area contributed by atoms with E-state index in [1.165, 1.54) is 12.3 Å². The molecule has 0 aliphatic rings. The number of aryl methyl sites for hydroxylation is 2. The maximum Gasteiger partial charge on any atom is 0.253 e. The molecule has 164 valence electrons. The fourth-order valence-corrected chi connectivity index (χ4v) is 4.81. The van der Waals surface area contributed by atoms with E-state index in [-0.39, 0.29) is 17.3 Å². The van der Waals surface area contributed by atoms with Crippen molar-refractivity contribution >= 4 is 15.9 Å². The summed E-state index contributed by atoms with van der Waals surface area (Å²) in [5.74, 6) is 0.273. The Balaban J connectivity index is 1.74. The van der Waals surface area contributed by atoms with Crippen LogP contribution in [0.5, 0.6) is 0 Å². The van der Waals surface area contributed by atoms with Gasteiger partial charge in [-0.2, -0.15) is 5.10 Å². The number of aromatic nitrogens is 3. The molecular formula is C22H27N5O3S. The van der Waals surface area contributed by atoms with Crippen molar-refractivity contribution < 1.29 is 13.2 Å². The molecule has 0 saturated heterocycles. The Kier molecular flexibility index (Phi) is 6.28. The molecule has 2 N–H and O–H groups in total. The SMILES string of the molecule is Cc1cc(C)n(-c2ccc(C(=O)NCc3ccccc3S(=O)(=O)NC(C)(C)C)cn2)n1. The first-order valence-corrected chi connectivity index (χ1v) is 11.3. The van der Waals surface area contributed by atoms with E-state index in [0.717, 1.165) is 11.4 Å². The third-order valence-corrected chi connectivity index (χ3v) is 6.24. The molecule has 1 aromatic carbocycles. The minimum absolute atomic E-state index is 0.0687. The van der Waals surface area contributed by atoms with Gasteiger partial charge in [-0.15, -0.1) is 0 Å². The molecule has 0 fully saturated rings. The molecule has 9 heteroatoms. The molecule has 0 bridgehead atoms. The van der Waals surface area contributed by atoms with Crippen LogP contribution >= 0.6 is 0 Å². The van der Waals surface area contributed by atoms with Gasteiger partial charge in [-0.05, 0) is 64.4 Å². The zero-order chi connectivity index (χ0) is 22.8. The van der Waals surface area contributed by atoms with E-state index in [1.54, 1.807) is 55.8 Å². The first-order chi connectivity index (χ1) is 14.5. The second-order valence-corrected chi connectivity index (χ2v) is 10.0. The summed E-state index contributed by atoms with van der Waals surface area (Å²) in [6, 6.07) is 11.9. The van der Waals surface area contributed by atoms with Gasteiger partial charge in [0.1, 0.15) is 0 Å². The molecule has 8 nitrogen and oxygen atoms in total. The average molecular weight is 442 g/mol. The lowest BCUT2D eigenvalue weighted by Crippen LogP contribution is -2.41. The van der Waals surface area contributed by atoms with Crippen LogP contribution in [0, 0.1) is 13.8 Å². The highest BCUT2D eigenvalue weighted by Gasteiger charge is 2.24. The molecule has 0 aliphatic carbocycles. The maximum atomic E-state index is 12.7. The minimum Gasteiger partial charge on any atom is -0.348 e. The summed E-state index contributed by atoms with van der Waals surface area (Å²) in [5, 5.41) is 7.15.